The monoisotopic (exact) mass is 402 g/mol. The molecule has 6 nitrogen and oxygen atoms in total. The van der Waals surface area contributed by atoms with Crippen LogP contribution < -0.4 is 19.7 Å². The first-order valence-electron chi connectivity index (χ1n) is 11.3. The zero-order valence-corrected chi connectivity index (χ0v) is 17.7. The maximum absolute atomic E-state index is 12.9. The molecule has 1 aromatic rings. The molecule has 1 aromatic carbocycles. The number of carbonyl (C=O) groups excluding carboxylic acids is 1. The predicted molar refractivity (Wildman–Crippen MR) is 114 cm³/mol. The van der Waals surface area contributed by atoms with Gasteiger partial charge in [-0.05, 0) is 57.3 Å². The predicted octanol–water partition coefficient (Wildman–Crippen LogP) is 4.09. The van der Waals surface area contributed by atoms with Crippen LogP contribution in [0.1, 0.15) is 46.0 Å². The Morgan fingerprint density at radius 1 is 1.07 bits per heavy atom. The summed E-state index contributed by atoms with van der Waals surface area (Å²) in [5, 5.41) is 3.13. The number of nitrogens with one attached hydrogen (secondary N) is 1. The minimum absolute atomic E-state index is 0.0938. The summed E-state index contributed by atoms with van der Waals surface area (Å²) in [6, 6.07) is 3.94. The fourth-order valence-corrected chi connectivity index (χ4v) is 4.43. The summed E-state index contributed by atoms with van der Waals surface area (Å²) in [6.07, 6.45) is 5.79. The molecule has 0 aromatic heterocycles. The highest BCUT2D eigenvalue weighted by Crippen LogP contribution is 2.51. The van der Waals surface area contributed by atoms with E-state index in [0.29, 0.717) is 50.2 Å². The molecule has 2 aliphatic carbocycles. The van der Waals surface area contributed by atoms with E-state index in [4.69, 9.17) is 14.2 Å². The fraction of sp³-hybridized carbons (Fsp3) is 0.696. The van der Waals surface area contributed by atoms with Crippen molar-refractivity contribution in [2.75, 3.05) is 49.7 Å². The van der Waals surface area contributed by atoms with Crippen molar-refractivity contribution in [1.82, 2.24) is 0 Å². The van der Waals surface area contributed by atoms with Crippen molar-refractivity contribution in [3.05, 3.63) is 12.1 Å². The summed E-state index contributed by atoms with van der Waals surface area (Å²) >= 11 is 0. The van der Waals surface area contributed by atoms with Gasteiger partial charge in [0.25, 0.3) is 0 Å². The Hall–Kier alpha value is -1.95. The number of hydrogen-bond donors (Lipinski definition) is 1. The number of benzene rings is 1. The van der Waals surface area contributed by atoms with Crippen LogP contribution in [0.25, 0.3) is 0 Å². The first-order chi connectivity index (χ1) is 14.2. The smallest absolute Gasteiger partial charge is 0.224 e. The van der Waals surface area contributed by atoms with E-state index >= 15 is 0 Å². The van der Waals surface area contributed by atoms with E-state index in [1.165, 1.54) is 25.7 Å². The van der Waals surface area contributed by atoms with Gasteiger partial charge in [0.2, 0.25) is 5.91 Å². The fourth-order valence-electron chi connectivity index (χ4n) is 4.43. The van der Waals surface area contributed by atoms with Crippen LogP contribution in [0.15, 0.2) is 12.1 Å². The standard InChI is InChI=1S/C23H34N2O4/c1-3-28-21-15-20(25-9-11-27-12-10-25)22(29-4-2)14-19(21)24-23(26)13-18(16-5-6-16)17-7-8-17/h14-18H,3-13H2,1-2H3,(H,24,26). The Labute approximate surface area is 173 Å². The summed E-state index contributed by atoms with van der Waals surface area (Å²) in [4.78, 5) is 15.1. The Balaban J connectivity index is 1.53. The third kappa shape index (κ3) is 5.16. The molecule has 1 N–H and O–H groups in total. The molecule has 1 heterocycles. The largest absolute Gasteiger partial charge is 0.492 e. The van der Waals surface area contributed by atoms with Crippen LogP contribution in [0.2, 0.25) is 0 Å². The van der Waals surface area contributed by atoms with Gasteiger partial charge in [0, 0.05) is 31.6 Å². The lowest BCUT2D eigenvalue weighted by Gasteiger charge is -2.31. The Morgan fingerprint density at radius 2 is 1.69 bits per heavy atom. The highest BCUT2D eigenvalue weighted by atomic mass is 16.5. The van der Waals surface area contributed by atoms with Crippen molar-refractivity contribution in [2.45, 2.75) is 46.0 Å². The second kappa shape index (κ2) is 9.24. The van der Waals surface area contributed by atoms with Crippen molar-refractivity contribution in [1.29, 1.82) is 0 Å². The average Bonchev–Trinajstić information content (AvgIpc) is 3.63. The third-order valence-electron chi connectivity index (χ3n) is 6.16. The van der Waals surface area contributed by atoms with Gasteiger partial charge >= 0.3 is 0 Å². The lowest BCUT2D eigenvalue weighted by atomic mass is 9.94. The van der Waals surface area contributed by atoms with Crippen LogP contribution in [0.5, 0.6) is 11.5 Å². The molecule has 0 unspecified atom stereocenters. The quantitative estimate of drug-likeness (QED) is 0.639. The molecule has 0 bridgehead atoms. The average molecular weight is 403 g/mol. The van der Waals surface area contributed by atoms with Crippen molar-refractivity contribution in [3.8, 4) is 11.5 Å². The van der Waals surface area contributed by atoms with E-state index in [1.54, 1.807) is 0 Å². The van der Waals surface area contributed by atoms with Gasteiger partial charge in [0.05, 0.1) is 37.8 Å². The van der Waals surface area contributed by atoms with Crippen molar-refractivity contribution >= 4 is 17.3 Å². The molecule has 1 aliphatic heterocycles. The third-order valence-corrected chi connectivity index (χ3v) is 6.16. The van der Waals surface area contributed by atoms with Gasteiger partial charge in [-0.1, -0.05) is 0 Å². The topological polar surface area (TPSA) is 60.0 Å². The van der Waals surface area contributed by atoms with Gasteiger partial charge in [-0.2, -0.15) is 0 Å². The van der Waals surface area contributed by atoms with E-state index in [1.807, 2.05) is 26.0 Å². The minimum Gasteiger partial charge on any atom is -0.492 e. The SMILES string of the molecule is CCOc1cc(N2CCOCC2)c(OCC)cc1NC(=O)CC(C1CC1)C1CC1. The van der Waals surface area contributed by atoms with Gasteiger partial charge < -0.3 is 24.4 Å². The number of nitrogens with zero attached hydrogens (tertiary/aromatic N) is 1. The number of amides is 1. The zero-order valence-electron chi connectivity index (χ0n) is 17.7. The second-order valence-electron chi connectivity index (χ2n) is 8.37. The molecule has 160 valence electrons. The molecule has 3 fully saturated rings. The Kier molecular flexibility index (Phi) is 6.48. The van der Waals surface area contributed by atoms with E-state index in [2.05, 4.69) is 10.2 Å². The second-order valence-corrected chi connectivity index (χ2v) is 8.37. The summed E-state index contributed by atoms with van der Waals surface area (Å²) in [5.74, 6) is 3.68. The van der Waals surface area contributed by atoms with Gasteiger partial charge in [0.15, 0.2) is 0 Å². The number of hydrogen-bond acceptors (Lipinski definition) is 5. The van der Waals surface area contributed by atoms with Gasteiger partial charge in [-0.15, -0.1) is 0 Å². The molecule has 3 aliphatic rings. The molecule has 2 saturated carbocycles. The zero-order chi connectivity index (χ0) is 20.2. The number of morpholine rings is 1. The van der Waals surface area contributed by atoms with Crippen LogP contribution >= 0.6 is 0 Å². The van der Waals surface area contributed by atoms with E-state index < -0.39 is 0 Å². The van der Waals surface area contributed by atoms with Crippen LogP contribution in [-0.4, -0.2) is 45.4 Å². The molecule has 0 atom stereocenters. The summed E-state index contributed by atoms with van der Waals surface area (Å²) in [5.41, 5.74) is 1.72. The lowest BCUT2D eigenvalue weighted by molar-refractivity contribution is -0.117. The number of carbonyl (C=O) groups is 1. The molecular formula is C23H34N2O4. The van der Waals surface area contributed by atoms with E-state index in [9.17, 15) is 4.79 Å². The lowest BCUT2D eigenvalue weighted by Crippen LogP contribution is -2.36. The first-order valence-corrected chi connectivity index (χ1v) is 11.3. The maximum Gasteiger partial charge on any atom is 0.224 e. The molecule has 6 heteroatoms. The van der Waals surface area contributed by atoms with E-state index in [0.717, 1.165) is 36.4 Å². The number of rotatable bonds is 10. The summed E-state index contributed by atoms with van der Waals surface area (Å²) in [7, 11) is 0. The van der Waals surface area contributed by atoms with Crippen molar-refractivity contribution in [3.63, 3.8) is 0 Å². The van der Waals surface area contributed by atoms with Gasteiger partial charge in [-0.25, -0.2) is 0 Å². The molecule has 0 radical (unpaired) electrons. The summed E-state index contributed by atoms with van der Waals surface area (Å²) < 4.78 is 17.3. The van der Waals surface area contributed by atoms with Crippen molar-refractivity contribution in [2.24, 2.45) is 17.8 Å². The highest BCUT2D eigenvalue weighted by Gasteiger charge is 2.42. The highest BCUT2D eigenvalue weighted by molar-refractivity contribution is 5.93. The van der Waals surface area contributed by atoms with Crippen LogP contribution in [0, 0.1) is 17.8 Å². The Morgan fingerprint density at radius 3 is 2.28 bits per heavy atom. The molecule has 1 saturated heterocycles. The number of anilines is 2. The first kappa shape index (κ1) is 20.3. The van der Waals surface area contributed by atoms with E-state index in [-0.39, 0.29) is 5.91 Å². The maximum atomic E-state index is 12.9. The van der Waals surface area contributed by atoms with Gasteiger partial charge in [0.1, 0.15) is 11.5 Å². The Bertz CT molecular complexity index is 697. The number of ether oxygens (including phenoxy) is 3. The normalized spacial score (nSPS) is 19.3. The minimum atomic E-state index is 0.0938. The molecule has 1 amide bonds. The van der Waals surface area contributed by atoms with Crippen LogP contribution in [0.4, 0.5) is 11.4 Å². The van der Waals surface area contributed by atoms with Crippen LogP contribution in [-0.2, 0) is 9.53 Å². The van der Waals surface area contributed by atoms with Crippen molar-refractivity contribution < 1.29 is 19.0 Å². The molecule has 29 heavy (non-hydrogen) atoms. The molecule has 0 spiro atoms. The summed E-state index contributed by atoms with van der Waals surface area (Å²) in [6.45, 7) is 8.12. The van der Waals surface area contributed by atoms with Gasteiger partial charge in [-0.3, -0.25) is 4.79 Å². The molecular weight excluding hydrogens is 368 g/mol. The van der Waals surface area contributed by atoms with Crippen LogP contribution in [0.3, 0.4) is 0 Å². The molecule has 4 rings (SSSR count).